The lowest BCUT2D eigenvalue weighted by molar-refractivity contribution is 0.451. The van der Waals surface area contributed by atoms with Crippen molar-refractivity contribution in [3.63, 3.8) is 0 Å². The monoisotopic (exact) mass is 214 g/mol. The van der Waals surface area contributed by atoms with Gasteiger partial charge < -0.3 is 9.52 Å². The van der Waals surface area contributed by atoms with E-state index in [0.717, 1.165) is 16.3 Å². The summed E-state index contributed by atoms with van der Waals surface area (Å²) < 4.78 is 5.31. The maximum Gasteiger partial charge on any atom is 0.171 e. The van der Waals surface area contributed by atoms with Crippen LogP contribution in [0.2, 0.25) is 0 Å². The van der Waals surface area contributed by atoms with E-state index in [1.54, 1.807) is 13.2 Å². The molecule has 1 aromatic heterocycles. The summed E-state index contributed by atoms with van der Waals surface area (Å²) in [5.74, 6) is 0.204. The third kappa shape index (κ3) is 2.01. The van der Waals surface area contributed by atoms with Crippen molar-refractivity contribution in [2.45, 2.75) is 13.8 Å². The fraction of sp³-hybridized carbons (Fsp3) is 0.143. The molecule has 0 aliphatic rings. The molecule has 16 heavy (non-hydrogen) atoms. The van der Waals surface area contributed by atoms with E-state index < -0.39 is 0 Å². The van der Waals surface area contributed by atoms with Gasteiger partial charge in [-0.2, -0.15) is 0 Å². The smallest absolute Gasteiger partial charge is 0.171 e. The minimum atomic E-state index is 0.204. The largest absolute Gasteiger partial charge is 0.509 e. The number of rotatable bonds is 1. The average Bonchev–Trinajstić information content (AvgIpc) is 2.62. The molecule has 82 valence electrons. The van der Waals surface area contributed by atoms with Crippen LogP contribution in [-0.4, -0.2) is 5.11 Å². The van der Waals surface area contributed by atoms with E-state index in [0.29, 0.717) is 5.42 Å². The van der Waals surface area contributed by atoms with Gasteiger partial charge in [-0.15, -0.1) is 0 Å². The third-order valence-electron chi connectivity index (χ3n) is 2.46. The molecule has 1 heterocycles. The number of benzene rings is 1. The number of aliphatic hydroxyl groups excluding tert-OH is 1. The molecule has 0 saturated carbocycles. The molecular formula is C14H14O2. The molecule has 0 aliphatic heterocycles. The molecule has 1 aromatic carbocycles. The maximum absolute atomic E-state index is 9.50. The predicted molar refractivity (Wildman–Crippen MR) is 64.4 cm³/mol. The first kappa shape index (κ1) is 10.6. The molecule has 0 saturated heterocycles. The lowest BCUT2D eigenvalue weighted by Crippen LogP contribution is -2.24. The van der Waals surface area contributed by atoms with Crippen LogP contribution >= 0.6 is 0 Å². The Kier molecular flexibility index (Phi) is 2.82. The van der Waals surface area contributed by atoms with Crippen molar-refractivity contribution in [2.24, 2.45) is 0 Å². The van der Waals surface area contributed by atoms with Crippen molar-refractivity contribution in [2.75, 3.05) is 0 Å². The van der Waals surface area contributed by atoms with Crippen LogP contribution in [0.3, 0.4) is 0 Å². The van der Waals surface area contributed by atoms with Crippen LogP contribution in [0, 0.1) is 6.92 Å². The second-order valence-electron chi connectivity index (χ2n) is 3.80. The van der Waals surface area contributed by atoms with Gasteiger partial charge >= 0.3 is 0 Å². The number of aryl methyl sites for hydroxylation is 1. The van der Waals surface area contributed by atoms with E-state index in [9.17, 15) is 5.11 Å². The highest BCUT2D eigenvalue weighted by Crippen LogP contribution is 1.99. The first-order valence-corrected chi connectivity index (χ1v) is 5.19. The van der Waals surface area contributed by atoms with E-state index >= 15 is 0 Å². The van der Waals surface area contributed by atoms with E-state index in [-0.39, 0.29) is 5.76 Å². The summed E-state index contributed by atoms with van der Waals surface area (Å²) in [5.41, 5.74) is 2.66. The molecule has 0 amide bonds. The van der Waals surface area contributed by atoms with Crippen LogP contribution in [0.4, 0.5) is 0 Å². The zero-order valence-electron chi connectivity index (χ0n) is 9.40. The fourth-order valence-electron chi connectivity index (χ4n) is 1.63. The highest BCUT2D eigenvalue weighted by atomic mass is 16.3. The Morgan fingerprint density at radius 3 is 2.56 bits per heavy atom. The van der Waals surface area contributed by atoms with E-state index in [1.807, 2.05) is 43.3 Å². The standard InChI is InChI=1S/C14H14O2/c1-10-9-16-14(11(2)15)13(10)8-12-6-4-3-5-7-12/h3-9,15H,1-2H3. The molecule has 0 radical (unpaired) electrons. The molecular weight excluding hydrogens is 200 g/mol. The Bertz CT molecular complexity index is 587. The van der Waals surface area contributed by atoms with E-state index in [1.165, 1.54) is 0 Å². The zero-order chi connectivity index (χ0) is 11.5. The highest BCUT2D eigenvalue weighted by Gasteiger charge is 1.99. The minimum Gasteiger partial charge on any atom is -0.509 e. The highest BCUT2D eigenvalue weighted by molar-refractivity contribution is 5.51. The molecule has 2 heteroatoms. The van der Waals surface area contributed by atoms with Crippen LogP contribution in [0.25, 0.3) is 11.8 Å². The predicted octanol–water partition coefficient (Wildman–Crippen LogP) is 2.10. The van der Waals surface area contributed by atoms with Crippen molar-refractivity contribution >= 4 is 11.8 Å². The van der Waals surface area contributed by atoms with Gasteiger partial charge in [0.05, 0.1) is 6.26 Å². The van der Waals surface area contributed by atoms with Gasteiger partial charge in [-0.25, -0.2) is 0 Å². The Balaban J connectivity index is 2.70. The van der Waals surface area contributed by atoms with Gasteiger partial charge in [-0.05, 0) is 31.1 Å². The molecule has 0 atom stereocenters. The van der Waals surface area contributed by atoms with E-state index in [2.05, 4.69) is 0 Å². The van der Waals surface area contributed by atoms with Gasteiger partial charge in [-0.3, -0.25) is 0 Å². The van der Waals surface area contributed by atoms with Crippen LogP contribution < -0.4 is 10.6 Å². The van der Waals surface area contributed by atoms with Crippen LogP contribution in [0.15, 0.2) is 41.0 Å². The Morgan fingerprint density at radius 2 is 1.94 bits per heavy atom. The third-order valence-corrected chi connectivity index (χ3v) is 2.46. The second-order valence-corrected chi connectivity index (χ2v) is 3.80. The summed E-state index contributed by atoms with van der Waals surface area (Å²) in [4.78, 5) is 0. The summed E-state index contributed by atoms with van der Waals surface area (Å²) in [6.07, 6.45) is 3.66. The summed E-state index contributed by atoms with van der Waals surface area (Å²) in [6.45, 7) is 3.59. The molecule has 2 rings (SSSR count). The number of hydrogen-bond donors (Lipinski definition) is 1. The average molecular weight is 214 g/mol. The molecule has 0 bridgehead atoms. The lowest BCUT2D eigenvalue weighted by Gasteiger charge is -1.91. The van der Waals surface area contributed by atoms with Crippen molar-refractivity contribution < 1.29 is 9.52 Å². The number of furan rings is 1. The van der Waals surface area contributed by atoms with Gasteiger partial charge in [0.25, 0.3) is 0 Å². The lowest BCUT2D eigenvalue weighted by atomic mass is 10.1. The number of hydrogen-bond acceptors (Lipinski definition) is 2. The van der Waals surface area contributed by atoms with Crippen LogP contribution in [0.1, 0.15) is 18.1 Å². The van der Waals surface area contributed by atoms with Crippen molar-refractivity contribution in [1.82, 2.24) is 0 Å². The normalized spacial score (nSPS) is 14.0. The Morgan fingerprint density at radius 1 is 1.25 bits per heavy atom. The quantitative estimate of drug-likeness (QED) is 0.788. The molecule has 0 fully saturated rings. The molecule has 0 spiro atoms. The maximum atomic E-state index is 9.50. The molecule has 2 nitrogen and oxygen atoms in total. The van der Waals surface area contributed by atoms with Gasteiger partial charge in [0, 0.05) is 5.22 Å². The summed E-state index contributed by atoms with van der Waals surface area (Å²) in [6, 6.07) is 9.97. The summed E-state index contributed by atoms with van der Waals surface area (Å²) in [7, 11) is 0. The van der Waals surface area contributed by atoms with Gasteiger partial charge in [0.2, 0.25) is 0 Å². The molecule has 0 unspecified atom stereocenters. The van der Waals surface area contributed by atoms with Crippen molar-refractivity contribution in [1.29, 1.82) is 0 Å². The summed E-state index contributed by atoms with van der Waals surface area (Å²) in [5, 5.41) is 10.4. The SMILES string of the molecule is CC(O)=c1occ(C)c1=Cc1ccccc1. The molecule has 1 N–H and O–H groups in total. The Labute approximate surface area is 94.2 Å². The molecule has 0 aliphatic carbocycles. The van der Waals surface area contributed by atoms with Gasteiger partial charge in [0.15, 0.2) is 5.42 Å². The van der Waals surface area contributed by atoms with Gasteiger partial charge in [-0.1, -0.05) is 30.3 Å². The first-order chi connectivity index (χ1) is 7.68. The second kappa shape index (κ2) is 4.27. The number of aliphatic hydroxyl groups is 1. The topological polar surface area (TPSA) is 33.4 Å². The van der Waals surface area contributed by atoms with E-state index in [4.69, 9.17) is 4.42 Å². The first-order valence-electron chi connectivity index (χ1n) is 5.19. The van der Waals surface area contributed by atoms with Crippen molar-refractivity contribution in [3.8, 4) is 0 Å². The summed E-state index contributed by atoms with van der Waals surface area (Å²) >= 11 is 0. The molecule has 2 aromatic rings. The van der Waals surface area contributed by atoms with Crippen LogP contribution in [-0.2, 0) is 0 Å². The van der Waals surface area contributed by atoms with Crippen LogP contribution in [0.5, 0.6) is 0 Å². The Hall–Kier alpha value is -1.96. The van der Waals surface area contributed by atoms with Gasteiger partial charge in [0.1, 0.15) is 5.76 Å². The minimum absolute atomic E-state index is 0.204. The zero-order valence-corrected chi connectivity index (χ0v) is 9.40. The fourth-order valence-corrected chi connectivity index (χ4v) is 1.63. The van der Waals surface area contributed by atoms with Crippen molar-refractivity contribution in [3.05, 3.63) is 58.4 Å².